The predicted octanol–water partition coefficient (Wildman–Crippen LogP) is 4.79. The second-order valence-corrected chi connectivity index (χ2v) is 11.3. The number of nitrogens with zero attached hydrogens (tertiary/aromatic N) is 2. The minimum absolute atomic E-state index is 0.0444. The van der Waals surface area contributed by atoms with Gasteiger partial charge in [-0.2, -0.15) is 0 Å². The summed E-state index contributed by atoms with van der Waals surface area (Å²) in [5.74, 6) is -1.30. The normalized spacial score (nSPS) is 18.2. The molecule has 1 atom stereocenters. The maximum atomic E-state index is 13.9. The van der Waals surface area contributed by atoms with Gasteiger partial charge in [-0.05, 0) is 70.4 Å². The number of amides is 4. The van der Waals surface area contributed by atoms with E-state index in [9.17, 15) is 19.2 Å². The van der Waals surface area contributed by atoms with Crippen LogP contribution in [0, 0.1) is 12.8 Å². The van der Waals surface area contributed by atoms with Gasteiger partial charge >= 0.3 is 12.0 Å². The summed E-state index contributed by atoms with van der Waals surface area (Å²) < 4.78 is 5.51. The summed E-state index contributed by atoms with van der Waals surface area (Å²) in [5, 5.41) is 5.53. The molecule has 0 spiro atoms. The van der Waals surface area contributed by atoms with Crippen LogP contribution in [0.4, 0.5) is 21.9 Å². The van der Waals surface area contributed by atoms with Gasteiger partial charge in [-0.1, -0.05) is 43.5 Å². The van der Waals surface area contributed by atoms with E-state index in [4.69, 9.17) is 4.74 Å². The first kappa shape index (κ1) is 28.1. The quantitative estimate of drug-likeness (QED) is 0.537. The van der Waals surface area contributed by atoms with Crippen LogP contribution in [0.25, 0.3) is 0 Å². The van der Waals surface area contributed by atoms with E-state index in [0.29, 0.717) is 17.1 Å². The fraction of sp³-hybridized carbons (Fsp3) is 0.467. The molecule has 1 saturated carbocycles. The Hall–Kier alpha value is -3.88. The summed E-state index contributed by atoms with van der Waals surface area (Å²) in [6.45, 7) is 6.79. The Morgan fingerprint density at radius 1 is 0.974 bits per heavy atom. The zero-order valence-electron chi connectivity index (χ0n) is 23.2. The molecule has 208 valence electrons. The van der Waals surface area contributed by atoms with Crippen molar-refractivity contribution < 1.29 is 23.9 Å². The summed E-state index contributed by atoms with van der Waals surface area (Å²) in [6, 6.07) is 12.7. The SMILES string of the molecule is Cc1cccc(NC(=O)NC2CN(C(=O)C3CCCCC3)c3ccccc3N(CC(=O)OC(C)(C)C)C2=O)c1. The van der Waals surface area contributed by atoms with E-state index in [1.54, 1.807) is 56.0 Å². The molecule has 2 N–H and O–H groups in total. The number of urea groups is 1. The zero-order valence-corrected chi connectivity index (χ0v) is 23.2. The summed E-state index contributed by atoms with van der Waals surface area (Å²) >= 11 is 0. The third kappa shape index (κ3) is 7.16. The molecule has 2 aromatic rings. The van der Waals surface area contributed by atoms with Crippen LogP contribution < -0.4 is 20.4 Å². The highest BCUT2D eigenvalue weighted by molar-refractivity contribution is 6.10. The van der Waals surface area contributed by atoms with E-state index in [0.717, 1.165) is 37.7 Å². The van der Waals surface area contributed by atoms with Crippen LogP contribution in [-0.4, -0.2) is 48.5 Å². The molecular formula is C30H38N4O5. The van der Waals surface area contributed by atoms with Crippen LogP contribution in [0.5, 0.6) is 0 Å². The number of ether oxygens (including phenoxy) is 1. The maximum absolute atomic E-state index is 13.9. The standard InChI is InChI=1S/C30H38N4O5/c1-20-11-10-14-22(17-20)31-29(38)32-23-18-33(27(36)21-12-6-5-7-13-21)24-15-8-9-16-25(24)34(28(23)37)19-26(35)39-30(2,3)4/h8-11,14-17,21,23H,5-7,12-13,18-19H2,1-4H3,(H2,31,32,38). The molecule has 1 fully saturated rings. The zero-order chi connectivity index (χ0) is 28.2. The number of hydrogen-bond donors (Lipinski definition) is 2. The second kappa shape index (κ2) is 11.9. The van der Waals surface area contributed by atoms with Gasteiger partial charge in [0.05, 0.1) is 17.9 Å². The largest absolute Gasteiger partial charge is 0.459 e. The lowest BCUT2D eigenvalue weighted by atomic mass is 9.88. The summed E-state index contributed by atoms with van der Waals surface area (Å²) in [6.07, 6.45) is 4.65. The molecule has 4 amide bonds. The highest BCUT2D eigenvalue weighted by atomic mass is 16.6. The van der Waals surface area contributed by atoms with Gasteiger partial charge in [0.15, 0.2) is 0 Å². The van der Waals surface area contributed by atoms with Gasteiger partial charge in [0.25, 0.3) is 5.91 Å². The smallest absolute Gasteiger partial charge is 0.326 e. The molecule has 9 nitrogen and oxygen atoms in total. The molecule has 1 unspecified atom stereocenters. The first-order valence-electron chi connectivity index (χ1n) is 13.6. The summed E-state index contributed by atoms with van der Waals surface area (Å²) in [4.78, 5) is 56.6. The van der Waals surface area contributed by atoms with Gasteiger partial charge < -0.3 is 20.3 Å². The van der Waals surface area contributed by atoms with E-state index in [2.05, 4.69) is 10.6 Å². The fourth-order valence-corrected chi connectivity index (χ4v) is 5.19. The van der Waals surface area contributed by atoms with E-state index >= 15 is 0 Å². The number of nitrogens with one attached hydrogen (secondary N) is 2. The van der Waals surface area contributed by atoms with E-state index in [-0.39, 0.29) is 24.9 Å². The van der Waals surface area contributed by atoms with Gasteiger partial charge in [0.1, 0.15) is 18.2 Å². The van der Waals surface area contributed by atoms with Gasteiger partial charge in [0.2, 0.25) is 5.91 Å². The first-order chi connectivity index (χ1) is 18.5. The van der Waals surface area contributed by atoms with Crippen molar-refractivity contribution in [1.82, 2.24) is 5.32 Å². The van der Waals surface area contributed by atoms with Crippen LogP contribution in [0.1, 0.15) is 58.4 Å². The maximum Gasteiger partial charge on any atom is 0.326 e. The third-order valence-electron chi connectivity index (χ3n) is 6.90. The van der Waals surface area contributed by atoms with Crippen molar-refractivity contribution in [3.63, 3.8) is 0 Å². The molecule has 0 bridgehead atoms. The molecule has 1 aliphatic carbocycles. The lowest BCUT2D eigenvalue weighted by Crippen LogP contribution is -2.55. The average molecular weight is 535 g/mol. The Morgan fingerprint density at radius 2 is 1.67 bits per heavy atom. The Bertz CT molecular complexity index is 1230. The number of rotatable bonds is 5. The molecule has 1 aliphatic heterocycles. The van der Waals surface area contributed by atoms with E-state index in [1.807, 2.05) is 25.1 Å². The van der Waals surface area contributed by atoms with Crippen LogP contribution in [0.3, 0.4) is 0 Å². The Balaban J connectivity index is 1.67. The average Bonchev–Trinajstić information content (AvgIpc) is 2.98. The number of carbonyl (C=O) groups is 4. The number of fused-ring (bicyclic) bond motifs is 1. The number of anilines is 3. The monoisotopic (exact) mass is 534 g/mol. The van der Waals surface area contributed by atoms with E-state index in [1.165, 1.54) is 4.90 Å². The fourth-order valence-electron chi connectivity index (χ4n) is 5.19. The molecule has 1 heterocycles. The van der Waals surface area contributed by atoms with Crippen molar-refractivity contribution in [1.29, 1.82) is 0 Å². The van der Waals surface area contributed by atoms with Gasteiger partial charge in [-0.25, -0.2) is 4.79 Å². The van der Waals surface area contributed by atoms with Crippen molar-refractivity contribution in [3.8, 4) is 0 Å². The van der Waals surface area contributed by atoms with Crippen LogP contribution in [0.15, 0.2) is 48.5 Å². The Morgan fingerprint density at radius 3 is 2.33 bits per heavy atom. The van der Waals surface area contributed by atoms with Crippen molar-refractivity contribution in [2.75, 3.05) is 28.2 Å². The number of esters is 1. The molecule has 2 aromatic carbocycles. The number of carbonyl (C=O) groups excluding carboxylic acids is 4. The molecule has 39 heavy (non-hydrogen) atoms. The number of benzene rings is 2. The summed E-state index contributed by atoms with van der Waals surface area (Å²) in [5.41, 5.74) is 1.79. The lowest BCUT2D eigenvalue weighted by molar-refractivity contribution is -0.153. The first-order valence-corrected chi connectivity index (χ1v) is 13.6. The molecule has 0 radical (unpaired) electrons. The topological polar surface area (TPSA) is 108 Å². The molecule has 2 aliphatic rings. The van der Waals surface area contributed by atoms with Crippen LogP contribution in [-0.2, 0) is 19.1 Å². The van der Waals surface area contributed by atoms with Gasteiger partial charge in [-0.3, -0.25) is 19.3 Å². The highest BCUT2D eigenvalue weighted by Gasteiger charge is 2.39. The molecule has 0 saturated heterocycles. The molecule has 0 aromatic heterocycles. The van der Waals surface area contributed by atoms with Crippen LogP contribution >= 0.6 is 0 Å². The van der Waals surface area contributed by atoms with E-state index < -0.39 is 29.6 Å². The Labute approximate surface area is 229 Å². The molecular weight excluding hydrogens is 496 g/mol. The van der Waals surface area contributed by atoms with Crippen molar-refractivity contribution >= 4 is 40.9 Å². The molecule has 9 heteroatoms. The van der Waals surface area contributed by atoms with Crippen molar-refractivity contribution in [3.05, 3.63) is 54.1 Å². The minimum Gasteiger partial charge on any atom is -0.459 e. The minimum atomic E-state index is -1.09. The van der Waals surface area contributed by atoms with Crippen molar-refractivity contribution in [2.45, 2.75) is 71.4 Å². The lowest BCUT2D eigenvalue weighted by Gasteiger charge is -2.30. The van der Waals surface area contributed by atoms with Crippen molar-refractivity contribution in [2.24, 2.45) is 5.92 Å². The third-order valence-corrected chi connectivity index (χ3v) is 6.90. The van der Waals surface area contributed by atoms with Gasteiger partial charge in [-0.15, -0.1) is 0 Å². The summed E-state index contributed by atoms with van der Waals surface area (Å²) in [7, 11) is 0. The molecule has 4 rings (SSSR count). The Kier molecular flexibility index (Phi) is 8.57. The number of para-hydroxylation sites is 2. The predicted molar refractivity (Wildman–Crippen MR) is 151 cm³/mol. The highest BCUT2D eigenvalue weighted by Crippen LogP contribution is 2.36. The van der Waals surface area contributed by atoms with Crippen LogP contribution in [0.2, 0.25) is 0 Å². The number of aryl methyl sites for hydroxylation is 1. The second-order valence-electron chi connectivity index (χ2n) is 11.3. The van der Waals surface area contributed by atoms with Gasteiger partial charge in [0, 0.05) is 11.6 Å². The number of hydrogen-bond acceptors (Lipinski definition) is 5.